The number of rotatable bonds is 5. The molecule has 0 saturated carbocycles. The van der Waals surface area contributed by atoms with Crippen molar-refractivity contribution in [3.8, 4) is 11.5 Å². The maximum Gasteiger partial charge on any atom is 0.251 e. The number of carbonyl (C=O) groups excluding carboxylic acids is 1. The lowest BCUT2D eigenvalue weighted by molar-refractivity contribution is 0.0958. The first-order valence-corrected chi connectivity index (χ1v) is 6.11. The Bertz CT molecular complexity index is 591. The second-order valence-electron chi connectivity index (χ2n) is 4.08. The quantitative estimate of drug-likeness (QED) is 0.845. The summed E-state index contributed by atoms with van der Waals surface area (Å²) in [6.07, 6.45) is 1.61. The summed E-state index contributed by atoms with van der Waals surface area (Å²) >= 11 is 0. The van der Waals surface area contributed by atoms with Gasteiger partial charge in [0.15, 0.2) is 0 Å². The highest BCUT2D eigenvalue weighted by Gasteiger charge is 2.04. The molecule has 0 aliphatic rings. The van der Waals surface area contributed by atoms with Crippen LogP contribution >= 0.6 is 0 Å². The molecule has 102 valence electrons. The van der Waals surface area contributed by atoms with Gasteiger partial charge in [-0.3, -0.25) is 4.79 Å². The number of hydrogen-bond donors (Lipinski definition) is 1. The highest BCUT2D eigenvalue weighted by molar-refractivity contribution is 5.94. The Morgan fingerprint density at radius 3 is 2.20 bits per heavy atom. The van der Waals surface area contributed by atoms with Gasteiger partial charge in [-0.1, -0.05) is 6.08 Å². The molecule has 2 aromatic rings. The number of ether oxygens (including phenoxy) is 1. The van der Waals surface area contributed by atoms with E-state index >= 15 is 0 Å². The minimum absolute atomic E-state index is 0.168. The first kappa shape index (κ1) is 13.8. The van der Waals surface area contributed by atoms with Gasteiger partial charge in [0.25, 0.3) is 5.91 Å². The standard InChI is InChI=1S/C16H14FNO2/c1-2-11-18-16(19)12-3-7-14(8-4-12)20-15-9-5-13(17)6-10-15/h2-10H,1,11H2,(H,18,19). The Hall–Kier alpha value is -2.62. The van der Waals surface area contributed by atoms with Crippen molar-refractivity contribution in [2.75, 3.05) is 6.54 Å². The van der Waals surface area contributed by atoms with E-state index in [1.165, 1.54) is 12.1 Å². The molecule has 0 radical (unpaired) electrons. The highest BCUT2D eigenvalue weighted by atomic mass is 19.1. The van der Waals surface area contributed by atoms with E-state index in [9.17, 15) is 9.18 Å². The second kappa shape index (κ2) is 6.52. The third-order valence-corrected chi connectivity index (χ3v) is 2.57. The highest BCUT2D eigenvalue weighted by Crippen LogP contribution is 2.21. The van der Waals surface area contributed by atoms with Crippen molar-refractivity contribution in [2.24, 2.45) is 0 Å². The fourth-order valence-electron chi connectivity index (χ4n) is 1.58. The molecule has 0 heterocycles. The lowest BCUT2D eigenvalue weighted by atomic mass is 10.2. The molecule has 3 nitrogen and oxygen atoms in total. The van der Waals surface area contributed by atoms with E-state index in [4.69, 9.17) is 4.74 Å². The van der Waals surface area contributed by atoms with Crippen LogP contribution < -0.4 is 10.1 Å². The van der Waals surface area contributed by atoms with Crippen LogP contribution in [0, 0.1) is 5.82 Å². The molecule has 20 heavy (non-hydrogen) atoms. The number of hydrogen-bond acceptors (Lipinski definition) is 2. The topological polar surface area (TPSA) is 38.3 Å². The summed E-state index contributed by atoms with van der Waals surface area (Å²) in [5.41, 5.74) is 0.540. The monoisotopic (exact) mass is 271 g/mol. The molecule has 2 rings (SSSR count). The number of carbonyl (C=O) groups is 1. The average Bonchev–Trinajstić information content (AvgIpc) is 2.48. The Morgan fingerprint density at radius 1 is 1.10 bits per heavy atom. The Labute approximate surface area is 116 Å². The van der Waals surface area contributed by atoms with E-state index < -0.39 is 0 Å². The van der Waals surface area contributed by atoms with E-state index in [2.05, 4.69) is 11.9 Å². The molecule has 2 aromatic carbocycles. The lowest BCUT2D eigenvalue weighted by Crippen LogP contribution is -2.22. The normalized spacial score (nSPS) is 9.85. The van der Waals surface area contributed by atoms with Gasteiger partial charge in [-0.2, -0.15) is 0 Å². The van der Waals surface area contributed by atoms with E-state index in [1.807, 2.05) is 0 Å². The van der Waals surface area contributed by atoms with Gasteiger partial charge in [0.1, 0.15) is 17.3 Å². The van der Waals surface area contributed by atoms with Gasteiger partial charge < -0.3 is 10.1 Å². The first-order valence-electron chi connectivity index (χ1n) is 6.11. The number of nitrogens with one attached hydrogen (secondary N) is 1. The van der Waals surface area contributed by atoms with Crippen LogP contribution in [-0.4, -0.2) is 12.5 Å². The zero-order chi connectivity index (χ0) is 14.4. The van der Waals surface area contributed by atoms with Crippen molar-refractivity contribution in [2.45, 2.75) is 0 Å². The number of benzene rings is 2. The molecule has 0 saturated heterocycles. The summed E-state index contributed by atoms with van der Waals surface area (Å²) in [6.45, 7) is 3.96. The third-order valence-electron chi connectivity index (χ3n) is 2.57. The minimum atomic E-state index is -0.313. The molecular formula is C16H14FNO2. The zero-order valence-corrected chi connectivity index (χ0v) is 10.8. The predicted molar refractivity (Wildman–Crippen MR) is 75.4 cm³/mol. The maximum atomic E-state index is 12.8. The van der Waals surface area contributed by atoms with E-state index in [0.29, 0.717) is 23.6 Å². The van der Waals surface area contributed by atoms with E-state index in [0.717, 1.165) is 0 Å². The number of amides is 1. The van der Waals surface area contributed by atoms with Gasteiger partial charge >= 0.3 is 0 Å². The van der Waals surface area contributed by atoms with Crippen molar-refractivity contribution in [3.63, 3.8) is 0 Å². The summed E-state index contributed by atoms with van der Waals surface area (Å²) in [5, 5.41) is 2.68. The van der Waals surface area contributed by atoms with Gasteiger partial charge in [0, 0.05) is 12.1 Å². The van der Waals surface area contributed by atoms with Crippen LogP contribution in [0.5, 0.6) is 11.5 Å². The SMILES string of the molecule is C=CCNC(=O)c1ccc(Oc2ccc(F)cc2)cc1. The minimum Gasteiger partial charge on any atom is -0.457 e. The predicted octanol–water partition coefficient (Wildman–Crippen LogP) is 3.53. The summed E-state index contributed by atoms with van der Waals surface area (Å²) in [4.78, 5) is 11.7. The molecule has 0 aliphatic carbocycles. The molecule has 0 aliphatic heterocycles. The molecule has 1 amide bonds. The fraction of sp³-hybridized carbons (Fsp3) is 0.0625. The molecular weight excluding hydrogens is 257 g/mol. The molecule has 0 atom stereocenters. The van der Waals surface area contributed by atoms with Crippen LogP contribution in [0.1, 0.15) is 10.4 Å². The van der Waals surface area contributed by atoms with Crippen molar-refractivity contribution in [3.05, 3.63) is 72.6 Å². The first-order chi connectivity index (χ1) is 9.69. The maximum absolute atomic E-state index is 12.8. The summed E-state index contributed by atoms with van der Waals surface area (Å²) < 4.78 is 18.3. The smallest absolute Gasteiger partial charge is 0.251 e. The van der Waals surface area contributed by atoms with E-state index in [1.54, 1.807) is 42.5 Å². The van der Waals surface area contributed by atoms with Crippen LogP contribution in [0.4, 0.5) is 4.39 Å². The summed E-state index contributed by atoms with van der Waals surface area (Å²) in [6, 6.07) is 12.4. The van der Waals surface area contributed by atoms with Crippen LogP contribution in [-0.2, 0) is 0 Å². The van der Waals surface area contributed by atoms with Crippen molar-refractivity contribution >= 4 is 5.91 Å². The number of halogens is 1. The largest absolute Gasteiger partial charge is 0.457 e. The molecule has 4 heteroatoms. The van der Waals surface area contributed by atoms with Gasteiger partial charge in [-0.15, -0.1) is 6.58 Å². The zero-order valence-electron chi connectivity index (χ0n) is 10.8. The van der Waals surface area contributed by atoms with Crippen LogP contribution in [0.25, 0.3) is 0 Å². The van der Waals surface area contributed by atoms with Crippen LogP contribution in [0.15, 0.2) is 61.2 Å². The van der Waals surface area contributed by atoms with Crippen LogP contribution in [0.2, 0.25) is 0 Å². The van der Waals surface area contributed by atoms with Crippen molar-refractivity contribution in [1.29, 1.82) is 0 Å². The Kier molecular flexibility index (Phi) is 4.50. The lowest BCUT2D eigenvalue weighted by Gasteiger charge is -2.07. The van der Waals surface area contributed by atoms with Gasteiger partial charge in [0.05, 0.1) is 0 Å². The van der Waals surface area contributed by atoms with Crippen molar-refractivity contribution in [1.82, 2.24) is 5.32 Å². The molecule has 0 fully saturated rings. The molecule has 0 bridgehead atoms. The average molecular weight is 271 g/mol. The summed E-state index contributed by atoms with van der Waals surface area (Å²) in [5.74, 6) is 0.636. The van der Waals surface area contributed by atoms with Crippen molar-refractivity contribution < 1.29 is 13.9 Å². The molecule has 0 spiro atoms. The van der Waals surface area contributed by atoms with Gasteiger partial charge in [-0.25, -0.2) is 4.39 Å². The third kappa shape index (κ3) is 3.68. The molecule has 0 aromatic heterocycles. The Balaban J connectivity index is 2.02. The van der Waals surface area contributed by atoms with Crippen LogP contribution in [0.3, 0.4) is 0 Å². The van der Waals surface area contributed by atoms with E-state index in [-0.39, 0.29) is 11.7 Å². The molecule has 0 unspecified atom stereocenters. The second-order valence-corrected chi connectivity index (χ2v) is 4.08. The van der Waals surface area contributed by atoms with Gasteiger partial charge in [0.2, 0.25) is 0 Å². The fourth-order valence-corrected chi connectivity index (χ4v) is 1.58. The molecule has 1 N–H and O–H groups in total. The summed E-state index contributed by atoms with van der Waals surface area (Å²) in [7, 11) is 0. The van der Waals surface area contributed by atoms with Gasteiger partial charge in [-0.05, 0) is 48.5 Å². The Morgan fingerprint density at radius 2 is 1.65 bits per heavy atom.